The molecule has 0 unspecified atom stereocenters. The Hall–Kier alpha value is -3.23. The lowest BCUT2D eigenvalue weighted by molar-refractivity contribution is -0.164. The number of nitrogens with two attached hydrogens (primary N) is 1. The molecular weight excluding hydrogens is 406 g/mol. The molecule has 1 fully saturated rings. The lowest BCUT2D eigenvalue weighted by atomic mass is 9.92. The molecule has 166 valence electrons. The lowest BCUT2D eigenvalue weighted by Gasteiger charge is -2.25. The molecule has 0 amide bonds. The maximum absolute atomic E-state index is 12.3. The summed E-state index contributed by atoms with van der Waals surface area (Å²) in [7, 11) is 0. The number of nitrogen functional groups attached to an aromatic ring is 1. The monoisotopic (exact) mass is 432 g/mol. The van der Waals surface area contributed by atoms with E-state index >= 15 is 0 Å². The fourth-order valence-electron chi connectivity index (χ4n) is 3.19. The zero-order chi connectivity index (χ0) is 23.8. The van der Waals surface area contributed by atoms with E-state index in [1.807, 2.05) is 6.07 Å². The fourth-order valence-corrected chi connectivity index (χ4v) is 3.19. The van der Waals surface area contributed by atoms with Gasteiger partial charge in [-0.15, -0.1) is 0 Å². The number of nitrogens with zero attached hydrogens (tertiary/aromatic N) is 4. The molecule has 3 rings (SSSR count). The van der Waals surface area contributed by atoms with E-state index in [0.29, 0.717) is 0 Å². The number of anilines is 1. The molecule has 11 nitrogen and oxygen atoms in total. The zero-order valence-electron chi connectivity index (χ0n) is 18.6. The van der Waals surface area contributed by atoms with Crippen molar-refractivity contribution in [1.82, 2.24) is 14.6 Å². The summed E-state index contributed by atoms with van der Waals surface area (Å²) in [6.07, 6.45) is -3.00. The van der Waals surface area contributed by atoms with E-state index in [2.05, 4.69) is 10.1 Å². The van der Waals surface area contributed by atoms with Gasteiger partial charge in [0.1, 0.15) is 36.7 Å². The van der Waals surface area contributed by atoms with Crippen molar-refractivity contribution in [3.63, 3.8) is 0 Å². The predicted octanol–water partition coefficient (Wildman–Crippen LogP) is 0.557. The predicted molar refractivity (Wildman–Crippen MR) is 106 cm³/mol. The summed E-state index contributed by atoms with van der Waals surface area (Å²) in [5.41, 5.74) is 3.89. The third-order valence-electron chi connectivity index (χ3n) is 4.96. The summed E-state index contributed by atoms with van der Waals surface area (Å²) >= 11 is 0. The minimum atomic E-state index is -2.08. The van der Waals surface area contributed by atoms with Crippen LogP contribution in [0.4, 0.5) is 5.82 Å². The highest BCUT2D eigenvalue weighted by molar-refractivity contribution is 5.72. The molecule has 11 heteroatoms. The van der Waals surface area contributed by atoms with E-state index in [9.17, 15) is 20.0 Å². The van der Waals surface area contributed by atoms with Gasteiger partial charge in [-0.05, 0) is 12.1 Å². The van der Waals surface area contributed by atoms with Gasteiger partial charge in [0.2, 0.25) is 5.60 Å². The molecule has 3 N–H and O–H groups in total. The Balaban J connectivity index is 2.06. The van der Waals surface area contributed by atoms with Crippen LogP contribution in [0.2, 0.25) is 0 Å². The summed E-state index contributed by atoms with van der Waals surface area (Å²) in [5.74, 6) is -2.08. The molecule has 0 bridgehead atoms. The Bertz CT molecular complexity index is 1080. The van der Waals surface area contributed by atoms with Gasteiger partial charge in [0, 0.05) is 0 Å². The zero-order valence-corrected chi connectivity index (χ0v) is 17.6. The van der Waals surface area contributed by atoms with Crippen LogP contribution in [0, 0.1) is 23.2 Å². The molecule has 4 atom stereocenters. The van der Waals surface area contributed by atoms with Gasteiger partial charge in [-0.3, -0.25) is 9.59 Å². The maximum Gasteiger partial charge on any atom is 0.308 e. The van der Waals surface area contributed by atoms with Gasteiger partial charge >= 0.3 is 11.9 Å². The second-order valence-electron chi connectivity index (χ2n) is 7.87. The Morgan fingerprint density at radius 1 is 1.42 bits per heavy atom. The molecule has 0 radical (unpaired) electrons. The first-order chi connectivity index (χ1) is 15.0. The Morgan fingerprint density at radius 3 is 2.71 bits per heavy atom. The van der Waals surface area contributed by atoms with E-state index in [0.717, 1.165) is 6.33 Å². The Morgan fingerprint density at radius 2 is 2.10 bits per heavy atom. The molecule has 2 aromatic rings. The van der Waals surface area contributed by atoms with Crippen LogP contribution in [-0.2, 0) is 29.4 Å². The van der Waals surface area contributed by atoms with Crippen molar-refractivity contribution >= 4 is 23.3 Å². The minimum absolute atomic E-state index is 0.00188. The number of aliphatic hydroxyl groups is 1. The maximum atomic E-state index is 12.3. The molecule has 31 heavy (non-hydrogen) atoms. The van der Waals surface area contributed by atoms with E-state index in [1.165, 1.54) is 10.6 Å². The molecular formula is C20H25N5O6. The number of nitriles is 1. The third kappa shape index (κ3) is 3.92. The number of carbonyl (C=O) groups is 2. The van der Waals surface area contributed by atoms with E-state index in [4.69, 9.17) is 21.3 Å². The average molecular weight is 432 g/mol. The van der Waals surface area contributed by atoms with E-state index < -0.39 is 47.7 Å². The minimum Gasteiger partial charge on any atom is -0.463 e. The van der Waals surface area contributed by atoms with Crippen LogP contribution in [0.25, 0.3) is 5.52 Å². The number of carbonyl (C=O) groups excluding carboxylic acids is 2. The van der Waals surface area contributed by atoms with E-state index in [-0.39, 0.29) is 29.7 Å². The molecule has 1 aliphatic rings. The second kappa shape index (κ2) is 8.49. The van der Waals surface area contributed by atoms with Gasteiger partial charge in [-0.25, -0.2) is 9.50 Å². The Kier molecular flexibility index (Phi) is 5.75. The summed E-state index contributed by atoms with van der Waals surface area (Å²) in [6.45, 7) is 6.16. The molecule has 3 heterocycles. The van der Waals surface area contributed by atoms with E-state index in [1.54, 1.807) is 27.7 Å². The first kappa shape index (κ1) is 21.0. The second-order valence-corrected chi connectivity index (χ2v) is 7.87. The molecule has 0 aliphatic carbocycles. The summed E-state index contributed by atoms with van der Waals surface area (Å²) in [5, 5.41) is 25.3. The van der Waals surface area contributed by atoms with Crippen LogP contribution in [-0.4, -0.2) is 56.6 Å². The van der Waals surface area contributed by atoms with Gasteiger partial charge in [0.05, 0.1) is 18.9 Å². The number of ether oxygens (including phenoxy) is 3. The van der Waals surface area contributed by atoms with Gasteiger partial charge in [0.15, 0.2) is 11.9 Å². The molecule has 0 saturated carbocycles. The first-order valence-electron chi connectivity index (χ1n) is 10.3. The highest BCUT2D eigenvalue weighted by atomic mass is 16.6. The van der Waals surface area contributed by atoms with Crippen LogP contribution in [0.5, 0.6) is 0 Å². The standard InChI is InChI=1S/C20H25N5O6/c1-10(2)18(27)29-7-13-15(30-19(28)11(3)4)16(26)20(8-21,31-13)14-6-5-12-17(22)23-9-24-25(12)14/h5-6,9-11,13,15-16,26H,7H2,1-4H3,(H2,22,23,24)/t13-,15-,16-,20+/m1/s1/i5D. The van der Waals surface area contributed by atoms with Crippen LogP contribution < -0.4 is 5.73 Å². The molecule has 0 aromatic carbocycles. The quantitative estimate of drug-likeness (QED) is 0.617. The van der Waals surface area contributed by atoms with Gasteiger partial charge in [-0.1, -0.05) is 27.7 Å². The number of hydrogen-bond donors (Lipinski definition) is 2. The highest BCUT2D eigenvalue weighted by Gasteiger charge is 2.60. The van der Waals surface area contributed by atoms with Crippen LogP contribution in [0.3, 0.4) is 0 Å². The topological polar surface area (TPSA) is 162 Å². The van der Waals surface area contributed by atoms with Crippen molar-refractivity contribution in [3.8, 4) is 6.07 Å². The first-order valence-corrected chi connectivity index (χ1v) is 9.77. The van der Waals surface area contributed by atoms with Crippen molar-refractivity contribution in [2.75, 3.05) is 12.3 Å². The van der Waals surface area contributed by atoms with Crippen molar-refractivity contribution in [2.45, 2.75) is 51.6 Å². The summed E-state index contributed by atoms with van der Waals surface area (Å²) < 4.78 is 26.0. The van der Waals surface area contributed by atoms with Gasteiger partial charge in [-0.2, -0.15) is 10.4 Å². The third-order valence-corrected chi connectivity index (χ3v) is 4.96. The highest BCUT2D eigenvalue weighted by Crippen LogP contribution is 2.42. The number of hydrogen-bond acceptors (Lipinski definition) is 10. The summed E-state index contributed by atoms with van der Waals surface area (Å²) in [4.78, 5) is 28.1. The smallest absolute Gasteiger partial charge is 0.308 e. The molecule has 1 saturated heterocycles. The SMILES string of the molecule is [2H]c1cc([C@]2(C#N)O[C@H](COC(=O)C(C)C)[C@@H](OC(=O)C(C)C)[C@H]2O)n2ncnc(N)c12. The number of rotatable bonds is 6. The fraction of sp³-hybridized carbons (Fsp3) is 0.550. The van der Waals surface area contributed by atoms with Crippen molar-refractivity contribution in [1.29, 1.82) is 5.26 Å². The average Bonchev–Trinajstić information content (AvgIpc) is 3.22. The largest absolute Gasteiger partial charge is 0.463 e. The summed E-state index contributed by atoms with van der Waals surface area (Å²) in [6, 6.07) is 3.12. The van der Waals surface area contributed by atoms with Crippen molar-refractivity contribution < 1.29 is 30.3 Å². The molecule has 1 aliphatic heterocycles. The van der Waals surface area contributed by atoms with Gasteiger partial charge < -0.3 is 25.1 Å². The van der Waals surface area contributed by atoms with Gasteiger partial charge in [0.25, 0.3) is 0 Å². The van der Waals surface area contributed by atoms with Crippen LogP contribution in [0.1, 0.15) is 34.8 Å². The normalized spacial score (nSPS) is 26.1. The Labute approximate surface area is 180 Å². The number of aliphatic hydroxyl groups excluding tert-OH is 1. The van der Waals surface area contributed by atoms with Crippen LogP contribution in [0.15, 0.2) is 18.4 Å². The number of esters is 2. The number of fused-ring (bicyclic) bond motifs is 1. The molecule has 0 spiro atoms. The van der Waals surface area contributed by atoms with Crippen LogP contribution >= 0.6 is 0 Å². The van der Waals surface area contributed by atoms with Crippen molar-refractivity contribution in [2.24, 2.45) is 11.8 Å². The number of aromatic nitrogens is 3. The lowest BCUT2D eigenvalue weighted by Crippen LogP contribution is -2.43. The molecule has 2 aromatic heterocycles. The van der Waals surface area contributed by atoms with Crippen molar-refractivity contribution in [3.05, 3.63) is 24.1 Å².